The Labute approximate surface area is 118 Å². The van der Waals surface area contributed by atoms with Gasteiger partial charge < -0.3 is 11.5 Å². The van der Waals surface area contributed by atoms with E-state index in [1.807, 2.05) is 0 Å². The van der Waals surface area contributed by atoms with Crippen molar-refractivity contribution in [1.82, 2.24) is 0 Å². The molecular weight excluding hydrogens is 248 g/mol. The maximum absolute atomic E-state index is 5.86. The third-order valence-electron chi connectivity index (χ3n) is 3.12. The fourth-order valence-electron chi connectivity index (χ4n) is 1.88. The molecule has 0 heterocycles. The minimum atomic E-state index is -0.452. The van der Waals surface area contributed by atoms with Gasteiger partial charge in [-0.1, -0.05) is 51.4 Å². The van der Waals surface area contributed by atoms with Crippen molar-refractivity contribution in [3.63, 3.8) is 0 Å². The van der Waals surface area contributed by atoms with Gasteiger partial charge in [0.25, 0.3) is 0 Å². The molecule has 0 radical (unpaired) electrons. The molecule has 0 spiro atoms. The summed E-state index contributed by atoms with van der Waals surface area (Å²) in [5.74, 6) is 1.03. The highest BCUT2D eigenvalue weighted by Gasteiger charge is 2.15. The van der Waals surface area contributed by atoms with Gasteiger partial charge in [0.05, 0.1) is 4.87 Å². The van der Waals surface area contributed by atoms with E-state index in [1.54, 1.807) is 0 Å². The van der Waals surface area contributed by atoms with Gasteiger partial charge in [0.15, 0.2) is 0 Å². The van der Waals surface area contributed by atoms with Gasteiger partial charge >= 0.3 is 0 Å². The first kappa shape index (κ1) is 17.6. The van der Waals surface area contributed by atoms with E-state index >= 15 is 0 Å². The zero-order valence-corrected chi connectivity index (χ0v) is 12.8. The van der Waals surface area contributed by atoms with E-state index in [4.69, 9.17) is 11.5 Å². The Morgan fingerprint density at radius 1 is 0.765 bits per heavy atom. The van der Waals surface area contributed by atoms with Crippen LogP contribution in [0.25, 0.3) is 0 Å². The number of hydrogen-bond acceptors (Lipinski definition) is 4. The van der Waals surface area contributed by atoms with Gasteiger partial charge in [-0.15, -0.1) is 0 Å². The summed E-state index contributed by atoms with van der Waals surface area (Å²) >= 11 is 8.53. The van der Waals surface area contributed by atoms with E-state index in [9.17, 15) is 0 Å². The van der Waals surface area contributed by atoms with E-state index in [2.05, 4.69) is 25.3 Å². The van der Waals surface area contributed by atoms with Gasteiger partial charge in [0.1, 0.15) is 0 Å². The summed E-state index contributed by atoms with van der Waals surface area (Å²) in [4.78, 5) is -0.452. The monoisotopic (exact) mass is 278 g/mol. The summed E-state index contributed by atoms with van der Waals surface area (Å²) in [5.41, 5.74) is 11.4. The minimum absolute atomic E-state index is 0.452. The Balaban J connectivity index is 3.09. The molecule has 4 N–H and O–H groups in total. The summed E-state index contributed by atoms with van der Waals surface area (Å²) in [6, 6.07) is 0. The average Bonchev–Trinajstić information content (AvgIpc) is 2.31. The first-order chi connectivity index (χ1) is 8.12. The van der Waals surface area contributed by atoms with Gasteiger partial charge in [-0.2, -0.15) is 25.3 Å². The molecule has 0 aliphatic rings. The van der Waals surface area contributed by atoms with Crippen molar-refractivity contribution in [1.29, 1.82) is 0 Å². The van der Waals surface area contributed by atoms with Crippen LogP contribution in [0.2, 0.25) is 0 Å². The maximum atomic E-state index is 5.86. The van der Waals surface area contributed by atoms with Gasteiger partial charge in [0.2, 0.25) is 0 Å². The third-order valence-corrected chi connectivity index (χ3v) is 3.84. The van der Waals surface area contributed by atoms with Gasteiger partial charge in [-0.25, -0.2) is 0 Å². The summed E-state index contributed by atoms with van der Waals surface area (Å²) in [7, 11) is 0. The van der Waals surface area contributed by atoms with Crippen LogP contribution in [0.15, 0.2) is 0 Å². The zero-order chi connectivity index (χ0) is 13.0. The first-order valence-corrected chi connectivity index (χ1v) is 8.02. The SMILES string of the molecule is NCC(N)(S)CCCCCCCCCCCS. The van der Waals surface area contributed by atoms with Crippen LogP contribution >= 0.6 is 25.3 Å². The predicted molar refractivity (Wildman–Crippen MR) is 85.0 cm³/mol. The Morgan fingerprint density at radius 3 is 1.59 bits per heavy atom. The Kier molecular flexibility index (Phi) is 12.1. The normalized spacial score (nSPS) is 14.8. The van der Waals surface area contributed by atoms with Crippen molar-refractivity contribution in [3.8, 4) is 0 Å². The number of unbranched alkanes of at least 4 members (excludes halogenated alkanes) is 8. The standard InChI is InChI=1S/C13H30N2S2/c14-12-13(15,17)10-8-6-4-2-1-3-5-7-9-11-16/h16-17H,1-12,14-15H2. The Bertz CT molecular complexity index is 163. The summed E-state index contributed by atoms with van der Waals surface area (Å²) < 4.78 is 0. The molecule has 1 unspecified atom stereocenters. The van der Waals surface area contributed by atoms with Crippen molar-refractivity contribution >= 4 is 25.3 Å². The molecule has 0 amide bonds. The highest BCUT2D eigenvalue weighted by atomic mass is 32.1. The van der Waals surface area contributed by atoms with Gasteiger partial charge in [-0.05, 0) is 18.6 Å². The van der Waals surface area contributed by atoms with E-state index in [1.165, 1.54) is 51.4 Å². The smallest absolute Gasteiger partial charge is 0.0714 e. The number of thiol groups is 2. The lowest BCUT2D eigenvalue weighted by molar-refractivity contribution is 0.506. The van der Waals surface area contributed by atoms with Crippen LogP contribution in [-0.2, 0) is 0 Å². The van der Waals surface area contributed by atoms with Gasteiger partial charge in [-0.3, -0.25) is 0 Å². The molecule has 0 aromatic rings. The second kappa shape index (κ2) is 11.7. The molecule has 0 aromatic carbocycles. The summed E-state index contributed by atoms with van der Waals surface area (Å²) in [6.07, 6.45) is 12.7. The topological polar surface area (TPSA) is 52.0 Å². The lowest BCUT2D eigenvalue weighted by Crippen LogP contribution is -2.41. The molecular formula is C13H30N2S2. The predicted octanol–water partition coefficient (Wildman–Crippen LogP) is 3.36. The van der Waals surface area contributed by atoms with Gasteiger partial charge in [0, 0.05) is 6.54 Å². The molecule has 2 nitrogen and oxygen atoms in total. The van der Waals surface area contributed by atoms with Crippen molar-refractivity contribution in [3.05, 3.63) is 0 Å². The highest BCUT2D eigenvalue weighted by Crippen LogP contribution is 2.16. The first-order valence-electron chi connectivity index (χ1n) is 6.94. The van der Waals surface area contributed by atoms with E-state index in [0.29, 0.717) is 6.54 Å². The molecule has 0 saturated heterocycles. The Hall–Kier alpha value is 0.620. The Morgan fingerprint density at radius 2 is 1.18 bits per heavy atom. The fourth-order valence-corrected chi connectivity index (χ4v) is 2.26. The molecule has 0 rings (SSSR count). The van der Waals surface area contributed by atoms with Crippen molar-refractivity contribution in [2.45, 2.75) is 69.1 Å². The lowest BCUT2D eigenvalue weighted by atomic mass is 10.0. The van der Waals surface area contributed by atoms with Crippen molar-refractivity contribution in [2.24, 2.45) is 11.5 Å². The molecule has 0 aliphatic heterocycles. The minimum Gasteiger partial charge on any atom is -0.328 e. The number of rotatable bonds is 12. The molecule has 104 valence electrons. The zero-order valence-electron chi connectivity index (χ0n) is 11.0. The summed E-state index contributed by atoms with van der Waals surface area (Å²) in [6.45, 7) is 0.460. The highest BCUT2D eigenvalue weighted by molar-refractivity contribution is 7.81. The van der Waals surface area contributed by atoms with E-state index < -0.39 is 4.87 Å². The van der Waals surface area contributed by atoms with Crippen molar-refractivity contribution in [2.75, 3.05) is 12.3 Å². The van der Waals surface area contributed by atoms with Crippen LogP contribution in [0.5, 0.6) is 0 Å². The maximum Gasteiger partial charge on any atom is 0.0714 e. The largest absolute Gasteiger partial charge is 0.328 e. The van der Waals surface area contributed by atoms with Crippen LogP contribution in [0.3, 0.4) is 0 Å². The lowest BCUT2D eigenvalue weighted by Gasteiger charge is -2.20. The second-order valence-electron chi connectivity index (χ2n) is 4.96. The van der Waals surface area contributed by atoms with Crippen molar-refractivity contribution < 1.29 is 0 Å². The van der Waals surface area contributed by atoms with Crippen LogP contribution in [0.1, 0.15) is 64.2 Å². The quantitative estimate of drug-likeness (QED) is 0.251. The molecule has 17 heavy (non-hydrogen) atoms. The molecule has 0 aromatic heterocycles. The second-order valence-corrected chi connectivity index (χ2v) is 6.30. The third kappa shape index (κ3) is 12.9. The van der Waals surface area contributed by atoms with Crippen LogP contribution in [-0.4, -0.2) is 17.2 Å². The molecule has 1 atom stereocenters. The van der Waals surface area contributed by atoms with Crippen LogP contribution in [0, 0.1) is 0 Å². The number of nitrogens with two attached hydrogens (primary N) is 2. The molecule has 0 aliphatic carbocycles. The van der Waals surface area contributed by atoms with E-state index in [-0.39, 0.29) is 0 Å². The van der Waals surface area contributed by atoms with E-state index in [0.717, 1.165) is 18.6 Å². The molecule has 0 fully saturated rings. The average molecular weight is 279 g/mol. The molecule has 0 bridgehead atoms. The van der Waals surface area contributed by atoms with Crippen LogP contribution in [0.4, 0.5) is 0 Å². The fraction of sp³-hybridized carbons (Fsp3) is 1.00. The number of hydrogen-bond donors (Lipinski definition) is 4. The molecule has 4 heteroatoms. The van der Waals surface area contributed by atoms with Crippen LogP contribution < -0.4 is 11.5 Å². The molecule has 0 saturated carbocycles. The summed E-state index contributed by atoms with van der Waals surface area (Å²) in [5, 5.41) is 0.